The molecule has 18 heavy (non-hydrogen) atoms. The Kier molecular flexibility index (Phi) is 16.8. The van der Waals surface area contributed by atoms with Crippen molar-refractivity contribution in [2.45, 2.75) is 65.2 Å². The van der Waals surface area contributed by atoms with Crippen LogP contribution in [0.15, 0.2) is 0 Å². The summed E-state index contributed by atoms with van der Waals surface area (Å²) in [6, 6.07) is 0. The summed E-state index contributed by atoms with van der Waals surface area (Å²) in [4.78, 5) is 0. The van der Waals surface area contributed by atoms with E-state index in [0.717, 1.165) is 51.4 Å². The molecule has 0 aliphatic rings. The van der Waals surface area contributed by atoms with Crippen molar-refractivity contribution in [3.8, 4) is 0 Å². The van der Waals surface area contributed by atoms with E-state index in [0.29, 0.717) is 0 Å². The summed E-state index contributed by atoms with van der Waals surface area (Å²) in [7, 11) is -3.76. The van der Waals surface area contributed by atoms with Gasteiger partial charge in [-0.2, -0.15) is 8.42 Å². The Morgan fingerprint density at radius 3 is 1.44 bits per heavy atom. The van der Waals surface area contributed by atoms with Crippen LogP contribution in [0.3, 0.4) is 0 Å². The summed E-state index contributed by atoms with van der Waals surface area (Å²) in [6.45, 7) is 4.68. The monoisotopic (exact) mass is 289 g/mol. The van der Waals surface area contributed by atoms with Gasteiger partial charge in [0.25, 0.3) is 0 Å². The minimum absolute atomic E-state index is 0. The molecule has 0 fully saturated rings. The maximum absolute atomic E-state index is 11.3. The van der Waals surface area contributed by atoms with Gasteiger partial charge in [-0.3, -0.25) is 0 Å². The average molecular weight is 289 g/mol. The van der Waals surface area contributed by atoms with Crippen LogP contribution in [0.4, 0.5) is 0 Å². The molecular formula is C12H26NaO4S. The molecule has 0 aromatic heterocycles. The Balaban J connectivity index is 0. The van der Waals surface area contributed by atoms with Gasteiger partial charge in [0.2, 0.25) is 0 Å². The van der Waals surface area contributed by atoms with Gasteiger partial charge in [-0.15, -0.1) is 0 Å². The van der Waals surface area contributed by atoms with E-state index in [-0.39, 0.29) is 42.8 Å². The molecule has 0 aliphatic heterocycles. The van der Waals surface area contributed by atoms with Crippen LogP contribution in [0.5, 0.6) is 0 Å². The molecule has 0 atom stereocenters. The maximum Gasteiger partial charge on any atom is 0.399 e. The predicted octanol–water partition coefficient (Wildman–Crippen LogP) is 3.04. The van der Waals surface area contributed by atoms with Gasteiger partial charge in [-0.05, 0) is 12.8 Å². The maximum atomic E-state index is 11.3. The minimum Gasteiger partial charge on any atom is -0.248 e. The van der Waals surface area contributed by atoms with Crippen LogP contribution < -0.4 is 0 Å². The molecule has 0 unspecified atom stereocenters. The average Bonchev–Trinajstić information content (AvgIpc) is 2.28. The third-order valence-electron chi connectivity index (χ3n) is 2.45. The van der Waals surface area contributed by atoms with Gasteiger partial charge < -0.3 is 0 Å². The molecular weight excluding hydrogens is 263 g/mol. The van der Waals surface area contributed by atoms with Crippen LogP contribution in [0.25, 0.3) is 0 Å². The summed E-state index contributed by atoms with van der Waals surface area (Å²) in [5.74, 6) is 0. The summed E-state index contributed by atoms with van der Waals surface area (Å²) in [5.41, 5.74) is 0. The van der Waals surface area contributed by atoms with Crippen molar-refractivity contribution in [1.29, 1.82) is 0 Å². The smallest absolute Gasteiger partial charge is 0.248 e. The van der Waals surface area contributed by atoms with Crippen molar-refractivity contribution in [3.05, 3.63) is 0 Å². The third kappa shape index (κ3) is 14.9. The summed E-state index contributed by atoms with van der Waals surface area (Å²) >= 11 is 0. The van der Waals surface area contributed by atoms with E-state index >= 15 is 0 Å². The first-order chi connectivity index (χ1) is 8.12. The normalized spacial score (nSPS) is 11.2. The van der Waals surface area contributed by atoms with E-state index in [1.165, 1.54) is 0 Å². The molecule has 0 saturated carbocycles. The Bertz CT molecular complexity index is 235. The molecule has 0 spiro atoms. The van der Waals surface area contributed by atoms with Gasteiger partial charge in [0, 0.05) is 29.6 Å². The number of hydrogen-bond donors (Lipinski definition) is 0. The molecule has 0 aromatic carbocycles. The zero-order valence-electron chi connectivity index (χ0n) is 12.1. The summed E-state index contributed by atoms with van der Waals surface area (Å²) in [5, 5.41) is 0. The Morgan fingerprint density at radius 2 is 1.11 bits per heavy atom. The van der Waals surface area contributed by atoms with Crippen LogP contribution in [-0.2, 0) is 18.8 Å². The van der Waals surface area contributed by atoms with E-state index in [1.54, 1.807) is 0 Å². The number of hydrogen-bond acceptors (Lipinski definition) is 4. The van der Waals surface area contributed by atoms with Gasteiger partial charge >= 0.3 is 10.4 Å². The Hall–Kier alpha value is 0.870. The predicted molar refractivity (Wildman–Crippen MR) is 74.9 cm³/mol. The Morgan fingerprint density at radius 1 is 0.722 bits per heavy atom. The number of rotatable bonds is 12. The molecule has 0 aliphatic carbocycles. The van der Waals surface area contributed by atoms with Crippen molar-refractivity contribution >= 4 is 40.0 Å². The van der Waals surface area contributed by atoms with Crippen LogP contribution >= 0.6 is 0 Å². The van der Waals surface area contributed by atoms with E-state index in [9.17, 15) is 8.42 Å². The van der Waals surface area contributed by atoms with Crippen LogP contribution in [0, 0.1) is 0 Å². The molecule has 0 bridgehead atoms. The second-order valence-electron chi connectivity index (χ2n) is 4.17. The second kappa shape index (κ2) is 14.3. The van der Waals surface area contributed by atoms with Crippen molar-refractivity contribution in [1.82, 2.24) is 0 Å². The number of unbranched alkanes of at least 4 members (excludes halogenated alkanes) is 6. The molecule has 1 radical (unpaired) electrons. The SMILES string of the molecule is CCCCCCOS(=O)(=O)OCCCCCC.[Na]. The third-order valence-corrected chi connectivity index (χ3v) is 3.36. The van der Waals surface area contributed by atoms with Crippen LogP contribution in [-0.4, -0.2) is 51.2 Å². The molecule has 0 rings (SSSR count). The largest absolute Gasteiger partial charge is 0.399 e. The molecule has 0 heterocycles. The summed E-state index contributed by atoms with van der Waals surface area (Å²) in [6.07, 6.45) is 8.02. The van der Waals surface area contributed by atoms with Crippen molar-refractivity contribution in [3.63, 3.8) is 0 Å². The molecule has 0 amide bonds. The van der Waals surface area contributed by atoms with Crippen LogP contribution in [0.2, 0.25) is 0 Å². The zero-order chi connectivity index (χ0) is 13.0. The molecule has 0 aromatic rings. The quantitative estimate of drug-likeness (QED) is 0.409. The van der Waals surface area contributed by atoms with E-state index < -0.39 is 10.4 Å². The fourth-order valence-corrected chi connectivity index (χ4v) is 2.13. The second-order valence-corrected chi connectivity index (χ2v) is 5.46. The van der Waals surface area contributed by atoms with E-state index in [2.05, 4.69) is 13.8 Å². The van der Waals surface area contributed by atoms with Gasteiger partial charge in [0.05, 0.1) is 13.2 Å². The van der Waals surface area contributed by atoms with Crippen molar-refractivity contribution in [2.75, 3.05) is 13.2 Å². The molecule has 0 saturated heterocycles. The first kappa shape index (κ1) is 21.2. The standard InChI is InChI=1S/C12H26O4S.Na/c1-3-5-7-9-11-15-17(13,14)16-12-10-8-6-4-2;/h3-12H2,1-2H3;. The van der Waals surface area contributed by atoms with E-state index in [4.69, 9.17) is 8.37 Å². The summed E-state index contributed by atoms with van der Waals surface area (Å²) < 4.78 is 32.0. The Labute approximate surface area is 134 Å². The van der Waals surface area contributed by atoms with Gasteiger partial charge in [-0.1, -0.05) is 52.4 Å². The van der Waals surface area contributed by atoms with Gasteiger partial charge in [0.15, 0.2) is 0 Å². The van der Waals surface area contributed by atoms with Crippen LogP contribution in [0.1, 0.15) is 65.2 Å². The zero-order valence-corrected chi connectivity index (χ0v) is 14.9. The van der Waals surface area contributed by atoms with Gasteiger partial charge in [0.1, 0.15) is 0 Å². The fraction of sp³-hybridized carbons (Fsp3) is 1.00. The molecule has 0 N–H and O–H groups in total. The minimum atomic E-state index is -3.76. The topological polar surface area (TPSA) is 52.6 Å². The first-order valence-electron chi connectivity index (χ1n) is 6.66. The van der Waals surface area contributed by atoms with Gasteiger partial charge in [-0.25, -0.2) is 8.37 Å². The van der Waals surface area contributed by atoms with Crippen molar-refractivity contribution < 1.29 is 16.8 Å². The first-order valence-corrected chi connectivity index (χ1v) is 7.99. The molecule has 105 valence electrons. The molecule has 6 heteroatoms. The fourth-order valence-electron chi connectivity index (χ4n) is 1.41. The molecule has 4 nitrogen and oxygen atoms in total. The van der Waals surface area contributed by atoms with E-state index in [1.807, 2.05) is 0 Å². The van der Waals surface area contributed by atoms with Crippen molar-refractivity contribution in [2.24, 2.45) is 0 Å².